The summed E-state index contributed by atoms with van der Waals surface area (Å²) < 4.78 is 0. The van der Waals surface area contributed by atoms with Gasteiger partial charge in [0.1, 0.15) is 0 Å². The maximum atomic E-state index is 10.6. The highest BCUT2D eigenvalue weighted by Crippen LogP contribution is 2.38. The lowest BCUT2D eigenvalue weighted by molar-refractivity contribution is -0.138. The third-order valence-electron chi connectivity index (χ3n) is 3.81. The summed E-state index contributed by atoms with van der Waals surface area (Å²) in [6.07, 6.45) is 5.14. The van der Waals surface area contributed by atoms with Crippen molar-refractivity contribution in [3.05, 3.63) is 0 Å². The lowest BCUT2D eigenvalue weighted by Gasteiger charge is -2.39. The molecule has 0 radical (unpaired) electrons. The number of carboxylic acid groups (broad SMARTS) is 1. The number of hydrogen-bond donors (Lipinski definition) is 2. The zero-order valence-corrected chi connectivity index (χ0v) is 9.76. The van der Waals surface area contributed by atoms with Gasteiger partial charge in [-0.3, -0.25) is 4.79 Å². The summed E-state index contributed by atoms with van der Waals surface area (Å²) in [6.45, 7) is 2.28. The van der Waals surface area contributed by atoms with Crippen LogP contribution in [0.5, 0.6) is 0 Å². The fourth-order valence-electron chi connectivity index (χ4n) is 3.05. The second-order valence-corrected chi connectivity index (χ2v) is 4.79. The van der Waals surface area contributed by atoms with Crippen molar-refractivity contribution in [2.75, 3.05) is 13.1 Å². The van der Waals surface area contributed by atoms with Crippen molar-refractivity contribution in [3.63, 3.8) is 0 Å². The first-order chi connectivity index (χ1) is 6.75. The SMILES string of the molecule is Cl.O=C(O)CC1CCC2CNCCC2C1. The van der Waals surface area contributed by atoms with Crippen LogP contribution in [0.3, 0.4) is 0 Å². The van der Waals surface area contributed by atoms with Crippen LogP contribution in [-0.4, -0.2) is 24.2 Å². The second-order valence-electron chi connectivity index (χ2n) is 4.79. The molecule has 0 aromatic carbocycles. The van der Waals surface area contributed by atoms with Crippen LogP contribution in [-0.2, 0) is 4.79 Å². The third-order valence-corrected chi connectivity index (χ3v) is 3.81. The van der Waals surface area contributed by atoms with Gasteiger partial charge < -0.3 is 10.4 Å². The predicted octanol–water partition coefficient (Wildman–Crippen LogP) is 1.91. The Morgan fingerprint density at radius 1 is 1.27 bits per heavy atom. The maximum Gasteiger partial charge on any atom is 0.303 e. The highest BCUT2D eigenvalue weighted by Gasteiger charge is 2.32. The molecule has 3 unspecified atom stereocenters. The summed E-state index contributed by atoms with van der Waals surface area (Å²) in [7, 11) is 0. The van der Waals surface area contributed by atoms with E-state index in [1.165, 1.54) is 12.8 Å². The molecule has 0 aromatic rings. The van der Waals surface area contributed by atoms with Crippen LogP contribution < -0.4 is 5.32 Å². The molecule has 0 amide bonds. The first kappa shape index (κ1) is 12.8. The minimum atomic E-state index is -0.623. The van der Waals surface area contributed by atoms with Crippen molar-refractivity contribution >= 4 is 18.4 Å². The van der Waals surface area contributed by atoms with E-state index in [1.807, 2.05) is 0 Å². The molecule has 2 rings (SSSR count). The van der Waals surface area contributed by atoms with Gasteiger partial charge in [0.2, 0.25) is 0 Å². The summed E-state index contributed by atoms with van der Waals surface area (Å²) in [5, 5.41) is 12.2. The summed E-state index contributed by atoms with van der Waals surface area (Å²) in [5.41, 5.74) is 0. The van der Waals surface area contributed by atoms with Gasteiger partial charge in [-0.15, -0.1) is 12.4 Å². The van der Waals surface area contributed by atoms with Crippen molar-refractivity contribution in [1.82, 2.24) is 5.32 Å². The first-order valence-electron chi connectivity index (χ1n) is 5.68. The highest BCUT2D eigenvalue weighted by atomic mass is 35.5. The van der Waals surface area contributed by atoms with Crippen LogP contribution in [0.4, 0.5) is 0 Å². The van der Waals surface area contributed by atoms with Crippen LogP contribution in [0, 0.1) is 17.8 Å². The minimum Gasteiger partial charge on any atom is -0.481 e. The molecule has 0 spiro atoms. The molecule has 1 heterocycles. The van der Waals surface area contributed by atoms with Crippen molar-refractivity contribution in [1.29, 1.82) is 0 Å². The van der Waals surface area contributed by atoms with Gasteiger partial charge in [-0.25, -0.2) is 0 Å². The predicted molar refractivity (Wildman–Crippen MR) is 61.3 cm³/mol. The summed E-state index contributed by atoms with van der Waals surface area (Å²) in [5.74, 6) is 1.46. The number of rotatable bonds is 2. The molecular formula is C11H20ClNO2. The van der Waals surface area contributed by atoms with Gasteiger partial charge >= 0.3 is 5.97 Å². The topological polar surface area (TPSA) is 49.3 Å². The van der Waals surface area contributed by atoms with E-state index in [0.717, 1.165) is 37.8 Å². The van der Waals surface area contributed by atoms with E-state index in [0.29, 0.717) is 12.3 Å². The number of hydrogen-bond acceptors (Lipinski definition) is 2. The van der Waals surface area contributed by atoms with Crippen LogP contribution in [0.15, 0.2) is 0 Å². The Bertz CT molecular complexity index is 223. The van der Waals surface area contributed by atoms with E-state index in [4.69, 9.17) is 5.11 Å². The number of fused-ring (bicyclic) bond motifs is 1. The summed E-state index contributed by atoms with van der Waals surface area (Å²) in [6, 6.07) is 0. The zero-order chi connectivity index (χ0) is 9.97. The van der Waals surface area contributed by atoms with Gasteiger partial charge in [-0.2, -0.15) is 0 Å². The number of halogens is 1. The average molecular weight is 234 g/mol. The summed E-state index contributed by atoms with van der Waals surface area (Å²) in [4.78, 5) is 10.6. The molecule has 4 heteroatoms. The molecule has 2 aliphatic rings. The first-order valence-corrected chi connectivity index (χ1v) is 5.68. The van der Waals surface area contributed by atoms with Gasteiger partial charge in [0.05, 0.1) is 0 Å². The van der Waals surface area contributed by atoms with Crippen LogP contribution in [0.2, 0.25) is 0 Å². The maximum absolute atomic E-state index is 10.6. The zero-order valence-electron chi connectivity index (χ0n) is 8.95. The lowest BCUT2D eigenvalue weighted by atomic mass is 9.70. The molecule has 3 atom stereocenters. The number of aliphatic carboxylic acids is 1. The van der Waals surface area contributed by atoms with Gasteiger partial charge in [-0.05, 0) is 56.5 Å². The molecule has 1 saturated heterocycles. The van der Waals surface area contributed by atoms with Gasteiger partial charge in [0.15, 0.2) is 0 Å². The number of nitrogens with one attached hydrogen (secondary N) is 1. The fraction of sp³-hybridized carbons (Fsp3) is 0.909. The van der Waals surface area contributed by atoms with Crippen molar-refractivity contribution in [2.24, 2.45) is 17.8 Å². The van der Waals surface area contributed by atoms with E-state index in [1.54, 1.807) is 0 Å². The van der Waals surface area contributed by atoms with E-state index in [-0.39, 0.29) is 12.4 Å². The van der Waals surface area contributed by atoms with E-state index < -0.39 is 5.97 Å². The highest BCUT2D eigenvalue weighted by molar-refractivity contribution is 5.85. The Hall–Kier alpha value is -0.280. The van der Waals surface area contributed by atoms with Crippen LogP contribution >= 0.6 is 12.4 Å². The van der Waals surface area contributed by atoms with Crippen LogP contribution in [0.1, 0.15) is 32.1 Å². The molecule has 15 heavy (non-hydrogen) atoms. The Morgan fingerprint density at radius 2 is 2.07 bits per heavy atom. The van der Waals surface area contributed by atoms with Crippen molar-refractivity contribution in [3.8, 4) is 0 Å². The largest absolute Gasteiger partial charge is 0.481 e. The molecule has 0 bridgehead atoms. The van der Waals surface area contributed by atoms with E-state index in [9.17, 15) is 4.79 Å². The number of carboxylic acids is 1. The molecule has 1 aliphatic carbocycles. The molecule has 2 N–H and O–H groups in total. The van der Waals surface area contributed by atoms with Crippen molar-refractivity contribution in [2.45, 2.75) is 32.1 Å². The number of piperidine rings is 1. The van der Waals surface area contributed by atoms with Gasteiger partial charge in [0.25, 0.3) is 0 Å². The van der Waals surface area contributed by atoms with E-state index >= 15 is 0 Å². The standard InChI is InChI=1S/C11H19NO2.ClH/c13-11(14)6-8-1-2-10-7-12-4-3-9(10)5-8;/h8-10,12H,1-7H2,(H,13,14);1H. The molecule has 2 fully saturated rings. The molecule has 3 nitrogen and oxygen atoms in total. The molecular weight excluding hydrogens is 214 g/mol. The smallest absolute Gasteiger partial charge is 0.303 e. The Balaban J connectivity index is 0.00000112. The quantitative estimate of drug-likeness (QED) is 0.766. The van der Waals surface area contributed by atoms with Crippen LogP contribution in [0.25, 0.3) is 0 Å². The Morgan fingerprint density at radius 3 is 2.80 bits per heavy atom. The molecule has 1 saturated carbocycles. The van der Waals surface area contributed by atoms with E-state index in [2.05, 4.69) is 5.32 Å². The third kappa shape index (κ3) is 3.35. The number of carbonyl (C=O) groups is 1. The summed E-state index contributed by atoms with van der Waals surface area (Å²) >= 11 is 0. The second kappa shape index (κ2) is 5.71. The molecule has 88 valence electrons. The molecule has 1 aliphatic heterocycles. The minimum absolute atomic E-state index is 0. The fourth-order valence-corrected chi connectivity index (χ4v) is 3.05. The average Bonchev–Trinajstić information content (AvgIpc) is 2.17. The van der Waals surface area contributed by atoms with Crippen molar-refractivity contribution < 1.29 is 9.90 Å². The van der Waals surface area contributed by atoms with Gasteiger partial charge in [-0.1, -0.05) is 0 Å². The monoisotopic (exact) mass is 233 g/mol. The Kier molecular flexibility index (Phi) is 4.87. The molecule has 0 aromatic heterocycles. The van der Waals surface area contributed by atoms with Gasteiger partial charge in [0, 0.05) is 6.42 Å². The Labute approximate surface area is 97.0 Å². The normalized spacial score (nSPS) is 35.1. The lowest BCUT2D eigenvalue weighted by Crippen LogP contribution is -2.40.